The molecule has 0 spiro atoms. The van der Waals surface area contributed by atoms with Gasteiger partial charge in [-0.2, -0.15) is 31.7 Å². The van der Waals surface area contributed by atoms with Crippen molar-refractivity contribution in [1.29, 1.82) is 0 Å². The summed E-state index contributed by atoms with van der Waals surface area (Å²) < 4.78 is 87.0. The van der Waals surface area contributed by atoms with Crippen LogP contribution in [0.3, 0.4) is 0 Å². The zero-order chi connectivity index (χ0) is 30.6. The second-order valence-electron chi connectivity index (χ2n) is 8.30. The van der Waals surface area contributed by atoms with E-state index < -0.39 is 40.6 Å². The number of aromatic nitrogens is 5. The molecule has 4 aromatic rings. The molecule has 220 valence electrons. The topological polar surface area (TPSA) is 138 Å². The zero-order valence-electron chi connectivity index (χ0n) is 21.6. The third-order valence-corrected chi connectivity index (χ3v) is 6.10. The number of aryl methyl sites for hydroxylation is 1. The van der Waals surface area contributed by atoms with Crippen LogP contribution in [0.4, 0.5) is 29.2 Å². The van der Waals surface area contributed by atoms with Crippen LogP contribution in [0.1, 0.15) is 28.7 Å². The molecule has 1 N–H and O–H groups in total. The predicted octanol–water partition coefficient (Wildman–Crippen LogP) is 4.82. The third kappa shape index (κ3) is 7.01. The minimum Gasteiger partial charge on any atom is -0.472 e. The Labute approximate surface area is 241 Å². The van der Waals surface area contributed by atoms with E-state index in [1.54, 1.807) is 6.92 Å². The van der Waals surface area contributed by atoms with Crippen LogP contribution >= 0.6 is 11.6 Å². The Hall–Kier alpha value is -4.57. The SMILES string of the molecule is CCOC(=O)c1cc(-c2cnc(Nc3ccc(F)c(Cl)c3)nc2-n2nc(C(F)(F)F)cc2C)cnc1OCC=S(=O)=O. The van der Waals surface area contributed by atoms with Gasteiger partial charge in [0.25, 0.3) is 0 Å². The van der Waals surface area contributed by atoms with E-state index in [0.717, 1.165) is 22.2 Å². The van der Waals surface area contributed by atoms with Crippen LogP contribution in [0, 0.1) is 12.7 Å². The van der Waals surface area contributed by atoms with Gasteiger partial charge in [-0.3, -0.25) is 0 Å². The number of esters is 1. The molecule has 11 nitrogen and oxygen atoms in total. The number of halogens is 5. The van der Waals surface area contributed by atoms with Crippen molar-refractivity contribution in [3.63, 3.8) is 0 Å². The number of ether oxygens (including phenoxy) is 2. The first kappa shape index (κ1) is 30.4. The number of hydrogen-bond acceptors (Lipinski definition) is 10. The molecule has 17 heteroatoms. The van der Waals surface area contributed by atoms with E-state index in [1.807, 2.05) is 0 Å². The zero-order valence-corrected chi connectivity index (χ0v) is 23.2. The number of anilines is 2. The van der Waals surface area contributed by atoms with E-state index in [1.165, 1.54) is 37.5 Å². The van der Waals surface area contributed by atoms with Gasteiger partial charge in [0, 0.05) is 34.9 Å². The van der Waals surface area contributed by atoms with Crippen molar-refractivity contribution in [1.82, 2.24) is 24.7 Å². The van der Waals surface area contributed by atoms with Gasteiger partial charge in [0.2, 0.25) is 22.1 Å². The Morgan fingerprint density at radius 2 is 1.93 bits per heavy atom. The standard InChI is InChI=1S/C25H19ClF4N6O5S/c1-3-40-23(37)16-9-14(11-31-22(16)41-6-7-42(38)39)17-12-32-24(33-15-4-5-19(27)18(26)10-15)34-21(17)36-13(2)8-20(35-36)25(28,29)30/h4-5,7-12H,3,6H2,1-2H3,(H,32,33,34). The number of hydrogen-bond donors (Lipinski definition) is 1. The Bertz CT molecular complexity index is 1790. The van der Waals surface area contributed by atoms with Crippen molar-refractivity contribution >= 4 is 44.9 Å². The summed E-state index contributed by atoms with van der Waals surface area (Å²) in [7, 11) is -2.53. The lowest BCUT2D eigenvalue weighted by molar-refractivity contribution is -0.141. The molecule has 3 aromatic heterocycles. The molecule has 0 atom stereocenters. The molecule has 1 aromatic carbocycles. The van der Waals surface area contributed by atoms with Crippen LogP contribution in [0.25, 0.3) is 16.9 Å². The lowest BCUT2D eigenvalue weighted by Gasteiger charge is -2.15. The van der Waals surface area contributed by atoms with E-state index in [4.69, 9.17) is 21.1 Å². The summed E-state index contributed by atoms with van der Waals surface area (Å²) in [5.41, 5.74) is -0.743. The number of benzene rings is 1. The summed E-state index contributed by atoms with van der Waals surface area (Å²) in [6.07, 6.45) is -2.27. The molecule has 0 aliphatic rings. The van der Waals surface area contributed by atoms with Crippen molar-refractivity contribution in [3.8, 4) is 22.8 Å². The molecule has 0 amide bonds. The molecule has 3 heterocycles. The number of nitrogens with zero attached hydrogens (tertiary/aromatic N) is 5. The van der Waals surface area contributed by atoms with Gasteiger partial charge in [0.15, 0.2) is 11.5 Å². The predicted molar refractivity (Wildman–Crippen MR) is 143 cm³/mol. The third-order valence-electron chi connectivity index (χ3n) is 5.40. The maximum atomic E-state index is 13.6. The van der Waals surface area contributed by atoms with Crippen molar-refractivity contribution in [2.75, 3.05) is 18.5 Å². The minimum absolute atomic E-state index is 0.00592. The van der Waals surface area contributed by atoms with Crippen molar-refractivity contribution in [2.45, 2.75) is 20.0 Å². The van der Waals surface area contributed by atoms with Gasteiger partial charge in [-0.15, -0.1) is 0 Å². The molecule has 0 fully saturated rings. The number of carbonyl (C=O) groups excluding carboxylic acids is 1. The molecular formula is C25H19ClF4N6O5S. The fourth-order valence-electron chi connectivity index (χ4n) is 3.57. The van der Waals surface area contributed by atoms with E-state index in [2.05, 4.69) is 25.4 Å². The summed E-state index contributed by atoms with van der Waals surface area (Å²) in [6, 6.07) is 5.84. The fourth-order valence-corrected chi connectivity index (χ4v) is 3.93. The summed E-state index contributed by atoms with van der Waals surface area (Å²) in [5.74, 6) is -1.99. The number of nitrogens with one attached hydrogen (secondary N) is 1. The summed E-state index contributed by atoms with van der Waals surface area (Å²) in [4.78, 5) is 25.3. The highest BCUT2D eigenvalue weighted by atomic mass is 35.5. The van der Waals surface area contributed by atoms with Crippen LogP contribution in [-0.2, 0) is 21.2 Å². The molecule has 0 bridgehead atoms. The average Bonchev–Trinajstić information content (AvgIpc) is 3.33. The van der Waals surface area contributed by atoms with Gasteiger partial charge in [-0.05, 0) is 44.2 Å². The van der Waals surface area contributed by atoms with Gasteiger partial charge in [-0.1, -0.05) is 11.6 Å². The first-order valence-corrected chi connectivity index (χ1v) is 13.3. The lowest BCUT2D eigenvalue weighted by Crippen LogP contribution is -2.12. The number of carbonyl (C=O) groups is 1. The lowest BCUT2D eigenvalue weighted by atomic mass is 10.1. The Kier molecular flexibility index (Phi) is 9.06. The van der Waals surface area contributed by atoms with E-state index in [0.29, 0.717) is 0 Å². The highest BCUT2D eigenvalue weighted by Crippen LogP contribution is 2.33. The van der Waals surface area contributed by atoms with Crippen LogP contribution in [0.15, 0.2) is 42.7 Å². The van der Waals surface area contributed by atoms with Gasteiger partial charge < -0.3 is 14.8 Å². The van der Waals surface area contributed by atoms with Gasteiger partial charge in [0.1, 0.15) is 18.0 Å². The maximum absolute atomic E-state index is 13.6. The number of pyridine rings is 1. The van der Waals surface area contributed by atoms with Gasteiger partial charge in [-0.25, -0.2) is 23.8 Å². The molecule has 42 heavy (non-hydrogen) atoms. The summed E-state index contributed by atoms with van der Waals surface area (Å²) >= 11 is 5.84. The number of alkyl halides is 3. The highest BCUT2D eigenvalue weighted by Gasteiger charge is 2.35. The van der Waals surface area contributed by atoms with Crippen LogP contribution < -0.4 is 10.1 Å². The van der Waals surface area contributed by atoms with E-state index in [-0.39, 0.29) is 57.3 Å². The normalized spacial score (nSPS) is 11.2. The second-order valence-corrected chi connectivity index (χ2v) is 9.56. The van der Waals surface area contributed by atoms with Crippen molar-refractivity contribution in [2.24, 2.45) is 0 Å². The molecule has 0 aliphatic carbocycles. The largest absolute Gasteiger partial charge is 0.472 e. The fraction of sp³-hybridized carbons (Fsp3) is 0.200. The Balaban J connectivity index is 1.87. The van der Waals surface area contributed by atoms with E-state index in [9.17, 15) is 30.8 Å². The van der Waals surface area contributed by atoms with Crippen LogP contribution in [-0.4, -0.2) is 57.7 Å². The van der Waals surface area contributed by atoms with Crippen molar-refractivity contribution < 1.29 is 40.2 Å². The average molecular weight is 627 g/mol. The first-order chi connectivity index (χ1) is 19.9. The summed E-state index contributed by atoms with van der Waals surface area (Å²) in [6.45, 7) is 2.52. The second kappa shape index (κ2) is 12.5. The van der Waals surface area contributed by atoms with Crippen LogP contribution in [0.2, 0.25) is 5.02 Å². The monoisotopic (exact) mass is 626 g/mol. The molecule has 0 saturated heterocycles. The van der Waals surface area contributed by atoms with E-state index >= 15 is 0 Å². The molecule has 0 aliphatic heterocycles. The van der Waals surface area contributed by atoms with Crippen LogP contribution in [0.5, 0.6) is 5.88 Å². The smallest absolute Gasteiger partial charge is 0.435 e. The quantitative estimate of drug-likeness (QED) is 0.156. The van der Waals surface area contributed by atoms with Gasteiger partial charge >= 0.3 is 12.1 Å². The molecule has 0 radical (unpaired) electrons. The van der Waals surface area contributed by atoms with Gasteiger partial charge in [0.05, 0.1) is 17.0 Å². The maximum Gasteiger partial charge on any atom is 0.435 e. The molecular weight excluding hydrogens is 608 g/mol. The first-order valence-electron chi connectivity index (χ1n) is 11.8. The number of rotatable bonds is 9. The summed E-state index contributed by atoms with van der Waals surface area (Å²) in [5, 5.41) is 7.10. The molecule has 0 saturated carbocycles. The molecule has 4 rings (SSSR count). The Morgan fingerprint density at radius 1 is 1.17 bits per heavy atom. The van der Waals surface area contributed by atoms with Crippen molar-refractivity contribution in [3.05, 3.63) is 70.5 Å². The minimum atomic E-state index is -4.75. The Morgan fingerprint density at radius 3 is 2.57 bits per heavy atom. The highest BCUT2D eigenvalue weighted by molar-refractivity contribution is 7.71. The molecule has 0 unspecified atom stereocenters.